The molecule has 248 valence electrons. The van der Waals surface area contributed by atoms with Crippen molar-refractivity contribution in [3.05, 3.63) is 54.6 Å². The van der Waals surface area contributed by atoms with Crippen molar-refractivity contribution in [2.24, 2.45) is 5.92 Å². The zero-order valence-electron chi connectivity index (χ0n) is 26.6. The van der Waals surface area contributed by atoms with Gasteiger partial charge in [-0.1, -0.05) is 48.9 Å². The molecule has 0 bridgehead atoms. The number of hydrogen-bond donors (Lipinski definition) is 3. The largest absolute Gasteiger partial charge is 0.479 e. The Balaban J connectivity index is 1.27. The second-order valence-corrected chi connectivity index (χ2v) is 14.4. The molecule has 1 saturated carbocycles. The summed E-state index contributed by atoms with van der Waals surface area (Å²) in [6, 6.07) is 11.4. The Morgan fingerprint density at radius 1 is 1.11 bits per heavy atom. The van der Waals surface area contributed by atoms with Crippen LogP contribution in [0.25, 0.3) is 21.1 Å². The van der Waals surface area contributed by atoms with Gasteiger partial charge in [-0.2, -0.15) is 4.80 Å². The lowest BCUT2D eigenvalue weighted by Crippen LogP contribution is -2.56. The standard InChI is InChI=1S/C33H39N7O6S/c1-32(2,3)46-31(45)34-23-14-10-5-4-9-13-21-18-33(21,30(43)44)35-28(41)24-17-22(19-39(24)29(23)42)40-37-27(36-38-40)26-16-15-25(47-26)20-11-7-6-8-12-20/h6-9,11-13,15-16,21-24H,4-5,10,14,17-19H2,1-3H3,(H,34,45)(H,35,41)(H,43,44)/b13-9-/t21-,22-,23+,24+,33-/m1/s1. The SMILES string of the molecule is CC(C)(C)OC(=O)N[C@H]1CCCC/C=C\[C@@H]2C[C@@]2(C(=O)O)NC(=O)[C@@H]2C[C@@H](n3nnc(-c4ccc(-c5ccccc5)s4)n3)CN2C1=O. The van der Waals surface area contributed by atoms with Gasteiger partial charge in [0, 0.05) is 23.8 Å². The Morgan fingerprint density at radius 2 is 1.87 bits per heavy atom. The van der Waals surface area contributed by atoms with E-state index in [-0.39, 0.29) is 25.3 Å². The highest BCUT2D eigenvalue weighted by molar-refractivity contribution is 7.18. The number of aromatic nitrogens is 4. The Kier molecular flexibility index (Phi) is 8.88. The van der Waals surface area contributed by atoms with E-state index in [4.69, 9.17) is 4.74 Å². The summed E-state index contributed by atoms with van der Waals surface area (Å²) in [4.78, 5) is 57.9. The third-order valence-electron chi connectivity index (χ3n) is 8.72. The number of nitrogens with zero attached hydrogens (tertiary/aromatic N) is 5. The van der Waals surface area contributed by atoms with E-state index < -0.39 is 53.1 Å². The number of carboxylic acid groups (broad SMARTS) is 1. The first kappa shape index (κ1) is 32.4. The second-order valence-electron chi connectivity index (χ2n) is 13.3. The predicted molar refractivity (Wildman–Crippen MR) is 173 cm³/mol. The van der Waals surface area contributed by atoms with Crippen LogP contribution in [0.1, 0.15) is 65.3 Å². The fourth-order valence-electron chi connectivity index (χ4n) is 6.21. The van der Waals surface area contributed by atoms with Gasteiger partial charge < -0.3 is 25.4 Å². The van der Waals surface area contributed by atoms with E-state index in [0.717, 1.165) is 21.7 Å². The quantitative estimate of drug-likeness (QED) is 0.340. The minimum atomic E-state index is -1.42. The van der Waals surface area contributed by atoms with Crippen molar-refractivity contribution in [3.8, 4) is 21.1 Å². The molecular formula is C33H39N7O6S. The first-order valence-corrected chi connectivity index (χ1v) is 16.7. The average molecular weight is 662 g/mol. The molecule has 2 fully saturated rings. The monoisotopic (exact) mass is 661 g/mol. The Bertz CT molecular complexity index is 1680. The number of hydrogen-bond acceptors (Lipinski definition) is 9. The highest BCUT2D eigenvalue weighted by atomic mass is 32.1. The Morgan fingerprint density at radius 3 is 2.62 bits per heavy atom. The van der Waals surface area contributed by atoms with Gasteiger partial charge in [0.15, 0.2) is 0 Å². The van der Waals surface area contributed by atoms with E-state index in [0.29, 0.717) is 25.1 Å². The maximum absolute atomic E-state index is 14.2. The number of thiophene rings is 1. The number of tetrazole rings is 1. The van der Waals surface area contributed by atoms with Gasteiger partial charge >= 0.3 is 12.1 Å². The van der Waals surface area contributed by atoms with Crippen molar-refractivity contribution < 1.29 is 29.0 Å². The molecule has 0 unspecified atom stereocenters. The summed E-state index contributed by atoms with van der Waals surface area (Å²) in [5.41, 5.74) is -1.12. The van der Waals surface area contributed by atoms with Crippen LogP contribution >= 0.6 is 11.3 Å². The van der Waals surface area contributed by atoms with E-state index >= 15 is 0 Å². The smallest absolute Gasteiger partial charge is 0.408 e. The maximum Gasteiger partial charge on any atom is 0.408 e. The Hall–Kier alpha value is -4.59. The first-order valence-electron chi connectivity index (χ1n) is 15.9. The number of carboxylic acids is 1. The van der Waals surface area contributed by atoms with E-state index in [2.05, 4.69) is 26.0 Å². The molecule has 5 atom stereocenters. The molecule has 1 aliphatic carbocycles. The van der Waals surface area contributed by atoms with Gasteiger partial charge in [0.05, 0.1) is 10.9 Å². The van der Waals surface area contributed by atoms with Gasteiger partial charge in [0.25, 0.3) is 0 Å². The summed E-state index contributed by atoms with van der Waals surface area (Å²) < 4.78 is 5.45. The third kappa shape index (κ3) is 7.07. The number of benzene rings is 1. The number of carbonyl (C=O) groups excluding carboxylic acids is 3. The summed E-state index contributed by atoms with van der Waals surface area (Å²) in [5, 5.41) is 28.8. The molecule has 3 amide bonds. The molecule has 0 radical (unpaired) electrons. The van der Waals surface area contributed by atoms with Gasteiger partial charge in [0.1, 0.15) is 23.2 Å². The molecule has 0 spiro atoms. The number of ether oxygens (including phenoxy) is 1. The third-order valence-corrected chi connectivity index (χ3v) is 9.85. The molecule has 3 aliphatic rings. The lowest BCUT2D eigenvalue weighted by molar-refractivity contribution is -0.145. The van der Waals surface area contributed by atoms with E-state index in [1.807, 2.05) is 54.6 Å². The normalized spacial score (nSPS) is 27.2. The summed E-state index contributed by atoms with van der Waals surface area (Å²) in [6.45, 7) is 5.28. The highest BCUT2D eigenvalue weighted by Crippen LogP contribution is 2.45. The van der Waals surface area contributed by atoms with E-state index in [9.17, 15) is 24.3 Å². The van der Waals surface area contributed by atoms with Crippen LogP contribution in [0.3, 0.4) is 0 Å². The van der Waals surface area contributed by atoms with Crippen molar-refractivity contribution in [2.75, 3.05) is 6.54 Å². The van der Waals surface area contributed by atoms with Crippen LogP contribution in [0.15, 0.2) is 54.6 Å². The highest BCUT2D eigenvalue weighted by Gasteiger charge is 2.61. The number of amides is 3. The minimum absolute atomic E-state index is 0.0718. The van der Waals surface area contributed by atoms with Gasteiger partial charge in [0.2, 0.25) is 17.6 Å². The van der Waals surface area contributed by atoms with Crippen LogP contribution in [-0.2, 0) is 19.1 Å². The molecule has 1 aromatic carbocycles. The van der Waals surface area contributed by atoms with Gasteiger partial charge in [-0.05, 0) is 69.4 Å². The topological polar surface area (TPSA) is 169 Å². The minimum Gasteiger partial charge on any atom is -0.479 e. The summed E-state index contributed by atoms with van der Waals surface area (Å²) in [7, 11) is 0. The van der Waals surface area contributed by atoms with Crippen molar-refractivity contribution >= 4 is 35.2 Å². The fourth-order valence-corrected chi connectivity index (χ4v) is 7.15. The number of rotatable bonds is 5. The van der Waals surface area contributed by atoms with Gasteiger partial charge in [-0.3, -0.25) is 9.59 Å². The van der Waals surface area contributed by atoms with Crippen molar-refractivity contribution in [1.82, 2.24) is 35.7 Å². The van der Waals surface area contributed by atoms with Crippen LogP contribution in [-0.4, -0.2) is 83.9 Å². The summed E-state index contributed by atoms with van der Waals surface area (Å²) in [5.74, 6) is -2.05. The van der Waals surface area contributed by atoms with E-state index in [1.165, 1.54) is 21.0 Å². The number of alkyl carbamates (subject to hydrolysis) is 1. The molecule has 3 aromatic rings. The molecule has 6 rings (SSSR count). The average Bonchev–Trinajstić information content (AvgIpc) is 3.48. The van der Waals surface area contributed by atoms with Crippen molar-refractivity contribution in [3.63, 3.8) is 0 Å². The number of aliphatic carboxylic acids is 1. The molecule has 13 nitrogen and oxygen atoms in total. The maximum atomic E-state index is 14.2. The second kappa shape index (κ2) is 12.9. The lowest BCUT2D eigenvalue weighted by Gasteiger charge is -2.30. The van der Waals surface area contributed by atoms with Crippen LogP contribution in [0.4, 0.5) is 4.79 Å². The molecule has 2 aromatic heterocycles. The number of nitrogens with one attached hydrogen (secondary N) is 2. The van der Waals surface area contributed by atoms with Crippen LogP contribution in [0.5, 0.6) is 0 Å². The van der Waals surface area contributed by atoms with Gasteiger partial charge in [-0.15, -0.1) is 21.5 Å². The number of carbonyl (C=O) groups is 4. The van der Waals surface area contributed by atoms with Crippen molar-refractivity contribution in [2.45, 2.75) is 88.6 Å². The first-order chi connectivity index (χ1) is 22.4. The van der Waals surface area contributed by atoms with E-state index in [1.54, 1.807) is 20.8 Å². The lowest BCUT2D eigenvalue weighted by atomic mass is 10.0. The number of allylic oxidation sites excluding steroid dienone is 1. The summed E-state index contributed by atoms with van der Waals surface area (Å²) >= 11 is 1.53. The molecular weight excluding hydrogens is 622 g/mol. The molecule has 2 aliphatic heterocycles. The molecule has 1 saturated heterocycles. The van der Waals surface area contributed by atoms with Crippen LogP contribution in [0.2, 0.25) is 0 Å². The zero-order chi connectivity index (χ0) is 33.3. The molecule has 4 heterocycles. The number of fused-ring (bicyclic) bond motifs is 2. The van der Waals surface area contributed by atoms with Crippen LogP contribution < -0.4 is 10.6 Å². The van der Waals surface area contributed by atoms with Crippen LogP contribution in [0, 0.1) is 5.92 Å². The summed E-state index contributed by atoms with van der Waals surface area (Å²) in [6.07, 6.45) is 5.85. The van der Waals surface area contributed by atoms with Crippen molar-refractivity contribution in [1.29, 1.82) is 0 Å². The van der Waals surface area contributed by atoms with Gasteiger partial charge in [-0.25, -0.2) is 9.59 Å². The predicted octanol–water partition coefficient (Wildman–Crippen LogP) is 4.19. The molecule has 47 heavy (non-hydrogen) atoms. The molecule has 3 N–H and O–H groups in total. The zero-order valence-corrected chi connectivity index (χ0v) is 27.4. The molecule has 14 heteroatoms. The fraction of sp³-hybridized carbons (Fsp3) is 0.485. The Labute approximate surface area is 276 Å².